The number of likely N-dealkylation sites (tertiary alicyclic amines) is 1. The van der Waals surface area contributed by atoms with Crippen LogP contribution in [0, 0.1) is 0 Å². The van der Waals surface area contributed by atoms with Gasteiger partial charge >= 0.3 is 0 Å². The third-order valence-corrected chi connectivity index (χ3v) is 3.55. The van der Waals surface area contributed by atoms with Crippen molar-refractivity contribution in [2.75, 3.05) is 13.1 Å². The normalized spacial score (nSPS) is 17.1. The number of allylic oxidation sites excluding steroid dienone is 2. The summed E-state index contributed by atoms with van der Waals surface area (Å²) in [7, 11) is 0. The van der Waals surface area contributed by atoms with Gasteiger partial charge in [0.25, 0.3) is 0 Å². The highest BCUT2D eigenvalue weighted by Gasteiger charge is 2.12. The maximum Gasteiger partial charge on any atom is 0.246 e. The molecule has 1 saturated heterocycles. The van der Waals surface area contributed by atoms with E-state index in [1.54, 1.807) is 17.4 Å². The van der Waals surface area contributed by atoms with Crippen LogP contribution in [0.4, 0.5) is 0 Å². The van der Waals surface area contributed by atoms with Crippen LogP contribution in [0.3, 0.4) is 0 Å². The zero-order valence-corrected chi connectivity index (χ0v) is 10.7. The van der Waals surface area contributed by atoms with Crippen LogP contribution in [0.25, 0.3) is 6.08 Å². The first-order valence-corrected chi connectivity index (χ1v) is 6.96. The molecule has 3 heteroatoms. The van der Waals surface area contributed by atoms with Gasteiger partial charge in [-0.2, -0.15) is 11.3 Å². The minimum Gasteiger partial charge on any atom is -0.339 e. The first-order chi connectivity index (χ1) is 8.36. The lowest BCUT2D eigenvalue weighted by Crippen LogP contribution is -2.34. The van der Waals surface area contributed by atoms with E-state index in [-0.39, 0.29) is 5.91 Å². The summed E-state index contributed by atoms with van der Waals surface area (Å²) in [6.45, 7) is 1.83. The van der Waals surface area contributed by atoms with Gasteiger partial charge in [0.05, 0.1) is 0 Å². The Morgan fingerprint density at radius 3 is 2.76 bits per heavy atom. The molecular weight excluding hydrogens is 230 g/mol. The van der Waals surface area contributed by atoms with Crippen LogP contribution >= 0.6 is 11.3 Å². The number of thiophene rings is 1. The number of rotatable bonds is 3. The minimum atomic E-state index is 0.139. The van der Waals surface area contributed by atoms with E-state index in [2.05, 4.69) is 11.4 Å². The first-order valence-electron chi connectivity index (χ1n) is 6.02. The van der Waals surface area contributed by atoms with E-state index in [0.29, 0.717) is 0 Å². The fourth-order valence-electron chi connectivity index (χ4n) is 1.89. The van der Waals surface area contributed by atoms with Crippen molar-refractivity contribution < 1.29 is 4.79 Å². The largest absolute Gasteiger partial charge is 0.339 e. The summed E-state index contributed by atoms with van der Waals surface area (Å²) < 4.78 is 0. The van der Waals surface area contributed by atoms with Gasteiger partial charge in [-0.3, -0.25) is 4.79 Å². The van der Waals surface area contributed by atoms with Crippen LogP contribution in [0.2, 0.25) is 0 Å². The summed E-state index contributed by atoms with van der Waals surface area (Å²) in [4.78, 5) is 13.7. The van der Waals surface area contributed by atoms with Crippen molar-refractivity contribution in [2.24, 2.45) is 0 Å². The summed E-state index contributed by atoms with van der Waals surface area (Å²) in [6.07, 6.45) is 11.0. The fourth-order valence-corrected chi connectivity index (χ4v) is 2.52. The Bertz CT molecular complexity index is 400. The maximum absolute atomic E-state index is 11.8. The van der Waals surface area contributed by atoms with Crippen molar-refractivity contribution in [3.05, 3.63) is 40.6 Å². The van der Waals surface area contributed by atoms with E-state index < -0.39 is 0 Å². The molecule has 1 fully saturated rings. The van der Waals surface area contributed by atoms with Gasteiger partial charge in [0, 0.05) is 19.2 Å². The van der Waals surface area contributed by atoms with Crippen LogP contribution in [-0.2, 0) is 4.79 Å². The van der Waals surface area contributed by atoms with Crippen LogP contribution < -0.4 is 0 Å². The second-order valence-corrected chi connectivity index (χ2v) is 4.94. The second kappa shape index (κ2) is 6.40. The lowest BCUT2D eigenvalue weighted by Gasteiger charge is -2.25. The van der Waals surface area contributed by atoms with Crippen molar-refractivity contribution in [3.8, 4) is 0 Å². The predicted molar refractivity (Wildman–Crippen MR) is 72.9 cm³/mol. The molecule has 0 saturated carbocycles. The Labute approximate surface area is 106 Å². The topological polar surface area (TPSA) is 20.3 Å². The highest BCUT2D eigenvalue weighted by atomic mass is 32.1. The highest BCUT2D eigenvalue weighted by molar-refractivity contribution is 7.08. The lowest BCUT2D eigenvalue weighted by atomic mass is 10.1. The number of carbonyl (C=O) groups is 1. The molecule has 1 aliphatic heterocycles. The second-order valence-electron chi connectivity index (χ2n) is 4.16. The van der Waals surface area contributed by atoms with E-state index >= 15 is 0 Å². The van der Waals surface area contributed by atoms with Gasteiger partial charge in [0.2, 0.25) is 5.91 Å². The molecule has 1 aromatic rings. The molecule has 1 aliphatic rings. The first kappa shape index (κ1) is 12.1. The Kier molecular flexibility index (Phi) is 4.56. The van der Waals surface area contributed by atoms with Crippen molar-refractivity contribution in [2.45, 2.75) is 19.3 Å². The third-order valence-electron chi connectivity index (χ3n) is 2.85. The van der Waals surface area contributed by atoms with E-state index in [9.17, 15) is 4.79 Å². The highest BCUT2D eigenvalue weighted by Crippen LogP contribution is 2.09. The molecule has 90 valence electrons. The smallest absolute Gasteiger partial charge is 0.246 e. The molecule has 2 rings (SSSR count). The lowest BCUT2D eigenvalue weighted by molar-refractivity contribution is -0.126. The molecule has 0 radical (unpaired) electrons. The molecule has 0 atom stereocenters. The van der Waals surface area contributed by atoms with Crippen molar-refractivity contribution in [3.63, 3.8) is 0 Å². The zero-order chi connectivity index (χ0) is 11.9. The molecule has 1 aromatic heterocycles. The van der Waals surface area contributed by atoms with Crippen LogP contribution in [0.15, 0.2) is 35.1 Å². The monoisotopic (exact) mass is 247 g/mol. The number of carbonyl (C=O) groups excluding carboxylic acids is 1. The summed E-state index contributed by atoms with van der Waals surface area (Å²) >= 11 is 1.68. The van der Waals surface area contributed by atoms with Gasteiger partial charge in [-0.1, -0.05) is 18.2 Å². The quantitative estimate of drug-likeness (QED) is 0.592. The number of piperidine rings is 1. The minimum absolute atomic E-state index is 0.139. The summed E-state index contributed by atoms with van der Waals surface area (Å²) in [5, 5.41) is 4.12. The van der Waals surface area contributed by atoms with Crippen LogP contribution in [-0.4, -0.2) is 23.9 Å². The summed E-state index contributed by atoms with van der Waals surface area (Å²) in [5.41, 5.74) is 1.19. The molecule has 1 amide bonds. The van der Waals surface area contributed by atoms with E-state index in [4.69, 9.17) is 0 Å². The maximum atomic E-state index is 11.8. The molecule has 17 heavy (non-hydrogen) atoms. The molecule has 2 nitrogen and oxygen atoms in total. The molecule has 0 N–H and O–H groups in total. The van der Waals surface area contributed by atoms with Gasteiger partial charge < -0.3 is 4.90 Å². The molecular formula is C14H17NOS. The zero-order valence-electron chi connectivity index (χ0n) is 9.84. The van der Waals surface area contributed by atoms with E-state index in [1.165, 1.54) is 12.0 Å². The van der Waals surface area contributed by atoms with E-state index in [1.807, 2.05) is 28.5 Å². The Morgan fingerprint density at radius 2 is 2.06 bits per heavy atom. The van der Waals surface area contributed by atoms with Crippen LogP contribution in [0.5, 0.6) is 0 Å². The Balaban J connectivity index is 1.81. The van der Waals surface area contributed by atoms with Gasteiger partial charge in [-0.15, -0.1) is 0 Å². The molecule has 0 bridgehead atoms. The molecule has 0 spiro atoms. The SMILES string of the molecule is O=C(/C=C/C=C/c1ccsc1)N1CCCCC1. The Hall–Kier alpha value is -1.35. The van der Waals surface area contributed by atoms with Gasteiger partial charge in [0.1, 0.15) is 0 Å². The third kappa shape index (κ3) is 3.86. The van der Waals surface area contributed by atoms with Gasteiger partial charge in [-0.25, -0.2) is 0 Å². The molecule has 0 unspecified atom stereocenters. The average Bonchev–Trinajstić information content (AvgIpc) is 2.88. The summed E-state index contributed by atoms with van der Waals surface area (Å²) in [5.74, 6) is 0.139. The van der Waals surface area contributed by atoms with Gasteiger partial charge in [-0.05, 0) is 41.7 Å². The standard InChI is InChI=1S/C14H17NOS/c16-14(15-9-4-1-5-10-15)7-3-2-6-13-8-11-17-12-13/h2-3,6-8,11-12H,1,4-5,9-10H2/b6-2+,7-3+. The number of amides is 1. The van der Waals surface area contributed by atoms with Crippen LogP contribution in [0.1, 0.15) is 24.8 Å². The van der Waals surface area contributed by atoms with Gasteiger partial charge in [0.15, 0.2) is 0 Å². The fraction of sp³-hybridized carbons (Fsp3) is 0.357. The Morgan fingerprint density at radius 1 is 1.24 bits per heavy atom. The predicted octanol–water partition coefficient (Wildman–Crippen LogP) is 3.33. The number of hydrogen-bond acceptors (Lipinski definition) is 2. The molecule has 2 heterocycles. The molecule has 0 aromatic carbocycles. The van der Waals surface area contributed by atoms with E-state index in [0.717, 1.165) is 25.9 Å². The number of hydrogen-bond donors (Lipinski definition) is 0. The average molecular weight is 247 g/mol. The van der Waals surface area contributed by atoms with Crippen molar-refractivity contribution in [1.29, 1.82) is 0 Å². The molecule has 0 aliphatic carbocycles. The number of nitrogens with zero attached hydrogens (tertiary/aromatic N) is 1. The van der Waals surface area contributed by atoms with Crippen molar-refractivity contribution in [1.82, 2.24) is 4.90 Å². The summed E-state index contributed by atoms with van der Waals surface area (Å²) in [6, 6.07) is 2.06. The van der Waals surface area contributed by atoms with Crippen molar-refractivity contribution >= 4 is 23.3 Å².